The molecule has 3 heterocycles. The van der Waals surface area contributed by atoms with Crippen LogP contribution in [0, 0.1) is 11.8 Å². The zero-order valence-electron chi connectivity index (χ0n) is 13.2. The first-order valence-electron chi connectivity index (χ1n) is 8.80. The van der Waals surface area contributed by atoms with Crippen molar-refractivity contribution in [3.05, 3.63) is 12.3 Å². The number of fused-ring (bicyclic) bond motifs is 1. The van der Waals surface area contributed by atoms with Gasteiger partial charge in [-0.1, -0.05) is 0 Å². The summed E-state index contributed by atoms with van der Waals surface area (Å²) < 4.78 is 0.820. The zero-order valence-corrected chi connectivity index (χ0v) is 15.1. The molecular formula is C17H25AsN4. The van der Waals surface area contributed by atoms with Crippen LogP contribution in [0.3, 0.4) is 0 Å². The second-order valence-corrected chi connectivity index (χ2v) is 8.07. The zero-order chi connectivity index (χ0) is 14.9. The molecule has 2 aliphatic heterocycles. The van der Waals surface area contributed by atoms with Crippen molar-refractivity contribution in [3.8, 4) is 0 Å². The van der Waals surface area contributed by atoms with Gasteiger partial charge >= 0.3 is 142 Å². The van der Waals surface area contributed by atoms with E-state index in [0.717, 1.165) is 34.9 Å². The number of likely N-dealkylation sites (tertiary alicyclic amines) is 1. The molecule has 0 aromatic carbocycles. The fourth-order valence-corrected chi connectivity index (χ4v) is 5.03. The van der Waals surface area contributed by atoms with E-state index in [1.54, 1.807) is 0 Å². The van der Waals surface area contributed by atoms with Crippen molar-refractivity contribution >= 4 is 27.3 Å². The summed E-state index contributed by atoms with van der Waals surface area (Å²) >= 11 is 2.45. The van der Waals surface area contributed by atoms with Gasteiger partial charge in [-0.15, -0.1) is 0 Å². The van der Waals surface area contributed by atoms with E-state index in [0.29, 0.717) is 0 Å². The SMILES string of the molecule is [As]c1nccc(N2C[C@H]3CCN(CC4CCCCC4)[C@H]3C2)n1. The van der Waals surface area contributed by atoms with E-state index in [1.807, 2.05) is 6.20 Å². The van der Waals surface area contributed by atoms with Gasteiger partial charge in [0.05, 0.1) is 0 Å². The van der Waals surface area contributed by atoms with Crippen molar-refractivity contribution in [2.24, 2.45) is 11.8 Å². The second kappa shape index (κ2) is 6.49. The van der Waals surface area contributed by atoms with Crippen molar-refractivity contribution < 1.29 is 0 Å². The molecule has 3 aliphatic rings. The molecule has 22 heavy (non-hydrogen) atoms. The molecule has 0 spiro atoms. The summed E-state index contributed by atoms with van der Waals surface area (Å²) in [4.78, 5) is 14.1. The molecule has 1 aliphatic carbocycles. The molecule has 4 rings (SSSR count). The molecule has 1 aromatic heterocycles. The van der Waals surface area contributed by atoms with Crippen LogP contribution in [-0.2, 0) is 0 Å². The van der Waals surface area contributed by atoms with Crippen LogP contribution >= 0.6 is 0 Å². The molecular weight excluding hydrogens is 335 g/mol. The number of anilines is 1. The van der Waals surface area contributed by atoms with Gasteiger partial charge in [0.15, 0.2) is 0 Å². The number of rotatable bonds is 3. The molecule has 1 saturated carbocycles. The summed E-state index contributed by atoms with van der Waals surface area (Å²) in [6.07, 6.45) is 10.5. The van der Waals surface area contributed by atoms with Gasteiger partial charge < -0.3 is 0 Å². The average Bonchev–Trinajstić information content (AvgIpc) is 3.11. The van der Waals surface area contributed by atoms with Gasteiger partial charge in [0.25, 0.3) is 0 Å². The second-order valence-electron chi connectivity index (χ2n) is 7.23. The number of hydrogen-bond acceptors (Lipinski definition) is 4. The Labute approximate surface area is 142 Å². The molecule has 2 saturated heterocycles. The number of nitrogens with zero attached hydrogens (tertiary/aromatic N) is 4. The van der Waals surface area contributed by atoms with Crippen LogP contribution in [0.2, 0.25) is 0 Å². The summed E-state index contributed by atoms with van der Waals surface area (Å²) in [5.41, 5.74) is 0. The number of hydrogen-bond donors (Lipinski definition) is 0. The molecule has 2 radical (unpaired) electrons. The van der Waals surface area contributed by atoms with Gasteiger partial charge in [0, 0.05) is 0 Å². The number of aromatic nitrogens is 2. The van der Waals surface area contributed by atoms with E-state index in [-0.39, 0.29) is 0 Å². The van der Waals surface area contributed by atoms with Crippen LogP contribution in [0.1, 0.15) is 38.5 Å². The predicted octanol–water partition coefficient (Wildman–Crippen LogP) is 1.36. The summed E-state index contributed by atoms with van der Waals surface area (Å²) in [6, 6.07) is 2.82. The molecule has 3 fully saturated rings. The summed E-state index contributed by atoms with van der Waals surface area (Å²) in [6.45, 7) is 4.99. The van der Waals surface area contributed by atoms with Crippen molar-refractivity contribution in [1.82, 2.24) is 14.9 Å². The van der Waals surface area contributed by atoms with Gasteiger partial charge in [-0.2, -0.15) is 0 Å². The molecule has 1 aromatic rings. The van der Waals surface area contributed by atoms with Crippen LogP contribution in [0.5, 0.6) is 0 Å². The predicted molar refractivity (Wildman–Crippen MR) is 89.7 cm³/mol. The molecule has 4 nitrogen and oxygen atoms in total. The van der Waals surface area contributed by atoms with E-state index in [4.69, 9.17) is 0 Å². The molecule has 118 valence electrons. The Morgan fingerprint density at radius 3 is 2.82 bits per heavy atom. The fraction of sp³-hybridized carbons (Fsp3) is 0.765. The first kappa shape index (κ1) is 15.0. The Balaban J connectivity index is 1.40. The third kappa shape index (κ3) is 3.05. The van der Waals surface area contributed by atoms with Crippen molar-refractivity contribution in [2.75, 3.05) is 31.1 Å². The van der Waals surface area contributed by atoms with Crippen molar-refractivity contribution in [1.29, 1.82) is 0 Å². The topological polar surface area (TPSA) is 32.3 Å². The minimum absolute atomic E-state index is 0.756. The van der Waals surface area contributed by atoms with Gasteiger partial charge in [-0.05, 0) is 0 Å². The van der Waals surface area contributed by atoms with E-state index in [9.17, 15) is 0 Å². The van der Waals surface area contributed by atoms with E-state index < -0.39 is 0 Å². The summed E-state index contributed by atoms with van der Waals surface area (Å²) in [7, 11) is 0. The summed E-state index contributed by atoms with van der Waals surface area (Å²) in [5, 5.41) is 0. The van der Waals surface area contributed by atoms with Crippen LogP contribution in [0.25, 0.3) is 0 Å². The van der Waals surface area contributed by atoms with E-state index in [2.05, 4.69) is 42.7 Å². The van der Waals surface area contributed by atoms with Crippen LogP contribution < -0.4 is 9.51 Å². The first-order valence-corrected chi connectivity index (χ1v) is 9.74. The third-order valence-corrected chi connectivity index (χ3v) is 6.28. The van der Waals surface area contributed by atoms with Gasteiger partial charge in [0.1, 0.15) is 0 Å². The Kier molecular flexibility index (Phi) is 4.41. The van der Waals surface area contributed by atoms with Crippen molar-refractivity contribution in [3.63, 3.8) is 0 Å². The van der Waals surface area contributed by atoms with Gasteiger partial charge in [0.2, 0.25) is 0 Å². The Hall–Kier alpha value is -0.602. The Morgan fingerprint density at radius 1 is 1.14 bits per heavy atom. The molecule has 5 heteroatoms. The van der Waals surface area contributed by atoms with Crippen LogP contribution in [0.15, 0.2) is 12.3 Å². The van der Waals surface area contributed by atoms with Gasteiger partial charge in [-0.25, -0.2) is 0 Å². The molecule has 0 N–H and O–H groups in total. The third-order valence-electron chi connectivity index (χ3n) is 5.83. The standard InChI is InChI=1S/C17H25AsN4/c18-17-19-8-6-16(20-17)22-11-14-7-9-21(15(14)12-22)10-13-4-2-1-3-5-13/h6,8,13-15H,1-5,7,9-12H2/t14-,15+/m1/s1. The fourth-order valence-electron chi connectivity index (χ4n) is 4.68. The van der Waals surface area contributed by atoms with E-state index >= 15 is 0 Å². The van der Waals surface area contributed by atoms with Gasteiger partial charge in [-0.3, -0.25) is 0 Å². The molecule has 0 bridgehead atoms. The maximum absolute atomic E-state index is 4.59. The quantitative estimate of drug-likeness (QED) is 0.762. The first-order chi connectivity index (χ1) is 10.8. The maximum atomic E-state index is 4.59. The van der Waals surface area contributed by atoms with Crippen LogP contribution in [0.4, 0.5) is 5.82 Å². The Morgan fingerprint density at radius 2 is 2.00 bits per heavy atom. The van der Waals surface area contributed by atoms with E-state index in [1.165, 1.54) is 58.2 Å². The monoisotopic (exact) mass is 360 g/mol. The molecule has 2 atom stereocenters. The minimum atomic E-state index is 0.756. The summed E-state index contributed by atoms with van der Waals surface area (Å²) in [5.74, 6) is 2.91. The Bertz CT molecular complexity index is 517. The molecule has 0 amide bonds. The van der Waals surface area contributed by atoms with Crippen molar-refractivity contribution in [2.45, 2.75) is 44.6 Å². The average molecular weight is 360 g/mol. The molecule has 0 unspecified atom stereocenters. The van der Waals surface area contributed by atoms with Crippen LogP contribution in [-0.4, -0.2) is 63.9 Å². The normalized spacial score (nSPS) is 30.0.